The minimum atomic E-state index is -0.00569. The largest absolute Gasteiger partial charge is 0.394 e. The molecular weight excluding hydrogens is 274 g/mol. The molecule has 2 unspecified atom stereocenters. The Balaban J connectivity index is 1.82. The lowest BCUT2D eigenvalue weighted by Gasteiger charge is -2.06. The highest BCUT2D eigenvalue weighted by Gasteiger charge is 2.39. The van der Waals surface area contributed by atoms with Crippen molar-refractivity contribution in [3.63, 3.8) is 0 Å². The lowest BCUT2D eigenvalue weighted by atomic mass is 10.3. The van der Waals surface area contributed by atoms with Crippen LogP contribution in [0.3, 0.4) is 0 Å². The quantitative estimate of drug-likeness (QED) is 0.887. The summed E-state index contributed by atoms with van der Waals surface area (Å²) in [5.74, 6) is 1.31. The molecule has 20 heavy (non-hydrogen) atoms. The van der Waals surface area contributed by atoms with E-state index in [-0.39, 0.29) is 18.4 Å². The highest BCUT2D eigenvalue weighted by molar-refractivity contribution is 7.13. The van der Waals surface area contributed by atoms with Crippen LogP contribution in [-0.4, -0.2) is 27.4 Å². The summed E-state index contributed by atoms with van der Waals surface area (Å²) in [6.07, 6.45) is 0.956. The Hall–Kier alpha value is -1.66. The molecule has 0 spiro atoms. The van der Waals surface area contributed by atoms with E-state index in [1.807, 2.05) is 23.6 Å². The fourth-order valence-corrected chi connectivity index (χ4v) is 2.92. The van der Waals surface area contributed by atoms with E-state index in [0.717, 1.165) is 17.0 Å². The first-order valence-electron chi connectivity index (χ1n) is 6.72. The van der Waals surface area contributed by atoms with Crippen LogP contribution < -0.4 is 5.32 Å². The van der Waals surface area contributed by atoms with E-state index in [0.29, 0.717) is 18.3 Å². The van der Waals surface area contributed by atoms with Crippen LogP contribution in [0, 0.1) is 11.8 Å². The van der Waals surface area contributed by atoms with Crippen molar-refractivity contribution in [2.75, 3.05) is 11.9 Å². The number of amides is 1. The Labute approximate surface area is 121 Å². The van der Waals surface area contributed by atoms with Gasteiger partial charge in [0, 0.05) is 12.0 Å². The van der Waals surface area contributed by atoms with Crippen LogP contribution in [0.1, 0.15) is 13.3 Å². The number of aromatic nitrogens is 2. The molecule has 2 aromatic rings. The highest BCUT2D eigenvalue weighted by atomic mass is 32.1. The van der Waals surface area contributed by atoms with Crippen molar-refractivity contribution in [2.24, 2.45) is 11.8 Å². The smallest absolute Gasteiger partial charge is 0.228 e. The molecule has 1 saturated carbocycles. The second kappa shape index (κ2) is 5.38. The average molecular weight is 291 g/mol. The first kappa shape index (κ1) is 13.3. The van der Waals surface area contributed by atoms with E-state index in [1.54, 1.807) is 16.0 Å². The van der Waals surface area contributed by atoms with Crippen molar-refractivity contribution in [2.45, 2.75) is 19.9 Å². The van der Waals surface area contributed by atoms with Gasteiger partial charge in [-0.25, -0.2) is 4.68 Å². The molecule has 2 atom stereocenters. The zero-order valence-electron chi connectivity index (χ0n) is 11.2. The number of hydrogen-bond donors (Lipinski definition) is 2. The fourth-order valence-electron chi connectivity index (χ4n) is 2.23. The molecule has 2 heterocycles. The molecule has 2 N–H and O–H groups in total. The third-order valence-electron chi connectivity index (χ3n) is 3.56. The first-order valence-corrected chi connectivity index (χ1v) is 7.60. The number of anilines is 1. The van der Waals surface area contributed by atoms with Gasteiger partial charge in [0.25, 0.3) is 0 Å². The zero-order chi connectivity index (χ0) is 14.1. The molecule has 6 heteroatoms. The van der Waals surface area contributed by atoms with E-state index in [9.17, 15) is 4.79 Å². The Bertz CT molecular complexity index is 606. The lowest BCUT2D eigenvalue weighted by molar-refractivity contribution is -0.117. The monoisotopic (exact) mass is 291 g/mol. The van der Waals surface area contributed by atoms with Gasteiger partial charge < -0.3 is 10.4 Å². The van der Waals surface area contributed by atoms with Crippen LogP contribution in [0.2, 0.25) is 0 Å². The number of hydrogen-bond acceptors (Lipinski definition) is 4. The Morgan fingerprint density at radius 1 is 1.65 bits per heavy atom. The predicted molar refractivity (Wildman–Crippen MR) is 78.5 cm³/mol. The van der Waals surface area contributed by atoms with Gasteiger partial charge >= 0.3 is 0 Å². The van der Waals surface area contributed by atoms with Gasteiger partial charge in [-0.15, -0.1) is 11.3 Å². The van der Waals surface area contributed by atoms with Crippen LogP contribution in [0.25, 0.3) is 10.6 Å². The van der Waals surface area contributed by atoms with Crippen molar-refractivity contribution in [3.05, 3.63) is 23.6 Å². The molecule has 106 valence electrons. The van der Waals surface area contributed by atoms with Crippen LogP contribution in [0.15, 0.2) is 23.6 Å². The summed E-state index contributed by atoms with van der Waals surface area (Å²) >= 11 is 1.60. The van der Waals surface area contributed by atoms with Gasteiger partial charge in [-0.05, 0) is 23.8 Å². The maximum Gasteiger partial charge on any atom is 0.228 e. The maximum absolute atomic E-state index is 12.0. The average Bonchev–Trinajstić information content (AvgIpc) is 2.83. The van der Waals surface area contributed by atoms with Gasteiger partial charge in [0.2, 0.25) is 5.91 Å². The molecule has 0 radical (unpaired) electrons. The van der Waals surface area contributed by atoms with Crippen molar-refractivity contribution in [1.82, 2.24) is 9.78 Å². The molecule has 0 aromatic carbocycles. The van der Waals surface area contributed by atoms with Crippen LogP contribution in [-0.2, 0) is 11.3 Å². The third-order valence-corrected chi connectivity index (χ3v) is 4.46. The topological polar surface area (TPSA) is 67.2 Å². The molecule has 2 aromatic heterocycles. The van der Waals surface area contributed by atoms with Gasteiger partial charge in [-0.1, -0.05) is 13.0 Å². The summed E-state index contributed by atoms with van der Waals surface area (Å²) in [6, 6.07) is 5.83. The standard InChI is InChI=1S/C14H17N3O2S/c1-9-7-10(9)14(19)15-13-8-11(12-3-2-6-20-12)16-17(13)4-5-18/h2-3,6,8-10,18H,4-5,7H2,1H3,(H,15,19). The maximum atomic E-state index is 12.0. The van der Waals surface area contributed by atoms with Gasteiger partial charge in [0.05, 0.1) is 18.0 Å². The van der Waals surface area contributed by atoms with E-state index in [1.165, 1.54) is 0 Å². The number of carbonyl (C=O) groups is 1. The summed E-state index contributed by atoms with van der Waals surface area (Å²) in [7, 11) is 0. The van der Waals surface area contributed by atoms with E-state index >= 15 is 0 Å². The molecule has 0 aliphatic heterocycles. The van der Waals surface area contributed by atoms with Gasteiger partial charge in [-0.2, -0.15) is 5.10 Å². The van der Waals surface area contributed by atoms with Crippen LogP contribution >= 0.6 is 11.3 Å². The summed E-state index contributed by atoms with van der Waals surface area (Å²) in [4.78, 5) is 13.1. The van der Waals surface area contributed by atoms with Crippen molar-refractivity contribution in [3.8, 4) is 10.6 Å². The first-order chi connectivity index (χ1) is 9.69. The van der Waals surface area contributed by atoms with E-state index < -0.39 is 0 Å². The molecule has 3 rings (SSSR count). The number of thiophene rings is 1. The summed E-state index contributed by atoms with van der Waals surface area (Å²) in [5.41, 5.74) is 0.826. The number of aliphatic hydroxyl groups excluding tert-OH is 1. The summed E-state index contributed by atoms with van der Waals surface area (Å²) in [5, 5.41) is 18.5. The highest BCUT2D eigenvalue weighted by Crippen LogP contribution is 2.38. The molecule has 1 aliphatic carbocycles. The number of rotatable bonds is 5. The van der Waals surface area contributed by atoms with Gasteiger partial charge in [0.15, 0.2) is 0 Å². The molecule has 0 saturated heterocycles. The Kier molecular flexibility index (Phi) is 3.58. The van der Waals surface area contributed by atoms with Crippen molar-refractivity contribution >= 4 is 23.1 Å². The van der Waals surface area contributed by atoms with Crippen molar-refractivity contribution in [1.29, 1.82) is 0 Å². The normalized spacial score (nSPS) is 20.9. The van der Waals surface area contributed by atoms with E-state index in [2.05, 4.69) is 17.3 Å². The fraction of sp³-hybridized carbons (Fsp3) is 0.429. The van der Waals surface area contributed by atoms with Crippen LogP contribution in [0.4, 0.5) is 5.82 Å². The molecule has 1 fully saturated rings. The molecule has 1 amide bonds. The number of aliphatic hydroxyl groups is 1. The SMILES string of the molecule is CC1CC1C(=O)Nc1cc(-c2cccs2)nn1CCO. The second-order valence-corrected chi connectivity index (χ2v) is 6.10. The molecule has 1 aliphatic rings. The zero-order valence-corrected chi connectivity index (χ0v) is 12.1. The minimum Gasteiger partial charge on any atom is -0.394 e. The molecule has 0 bridgehead atoms. The van der Waals surface area contributed by atoms with Crippen LogP contribution in [0.5, 0.6) is 0 Å². The molecule has 5 nitrogen and oxygen atoms in total. The van der Waals surface area contributed by atoms with Crippen molar-refractivity contribution < 1.29 is 9.90 Å². The second-order valence-electron chi connectivity index (χ2n) is 5.15. The Morgan fingerprint density at radius 3 is 3.05 bits per heavy atom. The predicted octanol–water partition coefficient (Wildman–Crippen LogP) is 2.20. The van der Waals surface area contributed by atoms with E-state index in [4.69, 9.17) is 5.11 Å². The number of nitrogens with zero attached hydrogens (tertiary/aromatic N) is 2. The summed E-state index contributed by atoms with van der Waals surface area (Å²) in [6.45, 7) is 2.45. The third kappa shape index (κ3) is 2.62. The number of carbonyl (C=O) groups excluding carboxylic acids is 1. The molecular formula is C14H17N3O2S. The lowest BCUT2D eigenvalue weighted by Crippen LogP contribution is -2.18. The minimum absolute atomic E-state index is 0.00569. The Morgan fingerprint density at radius 2 is 2.45 bits per heavy atom. The summed E-state index contributed by atoms with van der Waals surface area (Å²) < 4.78 is 1.65. The van der Waals surface area contributed by atoms with Gasteiger partial charge in [0.1, 0.15) is 11.5 Å². The van der Waals surface area contributed by atoms with Gasteiger partial charge in [-0.3, -0.25) is 4.79 Å². The number of nitrogens with one attached hydrogen (secondary N) is 1.